The lowest BCUT2D eigenvalue weighted by atomic mass is 10.0. The number of aliphatic hydroxyl groups is 2. The Hall–Kier alpha value is -4.28. The van der Waals surface area contributed by atoms with Crippen LogP contribution in [0.5, 0.6) is 0 Å². The summed E-state index contributed by atoms with van der Waals surface area (Å²) in [6, 6.07) is 18.2. The Bertz CT molecular complexity index is 1440. The van der Waals surface area contributed by atoms with Gasteiger partial charge in [0.25, 0.3) is 11.8 Å². The van der Waals surface area contributed by atoms with Gasteiger partial charge in [-0.05, 0) is 54.1 Å². The average Bonchev–Trinajstić information content (AvgIpc) is 3.27. The van der Waals surface area contributed by atoms with Crippen molar-refractivity contribution in [1.29, 1.82) is 0 Å². The third-order valence-electron chi connectivity index (χ3n) is 6.49. The summed E-state index contributed by atoms with van der Waals surface area (Å²) in [5.41, 5.74) is 4.31. The van der Waals surface area contributed by atoms with Gasteiger partial charge in [0.2, 0.25) is 5.95 Å². The lowest BCUT2D eigenvalue weighted by Crippen LogP contribution is -2.53. The van der Waals surface area contributed by atoms with Crippen molar-refractivity contribution < 1.29 is 19.8 Å². The van der Waals surface area contributed by atoms with Crippen LogP contribution >= 0.6 is 0 Å². The number of hydrogen-bond acceptors (Lipinski definition) is 7. The first-order chi connectivity index (χ1) is 17.4. The Morgan fingerprint density at radius 1 is 0.806 bits per heavy atom. The van der Waals surface area contributed by atoms with E-state index < -0.39 is 12.2 Å². The van der Waals surface area contributed by atoms with Crippen molar-refractivity contribution in [3.63, 3.8) is 0 Å². The molecule has 0 aliphatic carbocycles. The topological polar surface area (TPSA) is 123 Å². The Balaban J connectivity index is 1.19. The molecule has 0 spiro atoms. The molecule has 36 heavy (non-hydrogen) atoms. The molecule has 10 nitrogen and oxygen atoms in total. The van der Waals surface area contributed by atoms with Crippen molar-refractivity contribution >= 4 is 29.1 Å². The number of pyridine rings is 1. The van der Waals surface area contributed by atoms with Gasteiger partial charge in [-0.1, -0.05) is 12.1 Å². The highest BCUT2D eigenvalue weighted by molar-refractivity contribution is 5.96. The van der Waals surface area contributed by atoms with Crippen molar-refractivity contribution in [2.24, 2.45) is 0 Å². The van der Waals surface area contributed by atoms with E-state index in [2.05, 4.69) is 15.4 Å². The monoisotopic (exact) mass is 484 g/mol. The predicted molar refractivity (Wildman–Crippen MR) is 132 cm³/mol. The summed E-state index contributed by atoms with van der Waals surface area (Å²) in [5, 5.41) is 26.5. The zero-order valence-corrected chi connectivity index (χ0v) is 19.3. The predicted octanol–water partition coefficient (Wildman–Crippen LogP) is 1.77. The second-order valence-electron chi connectivity index (χ2n) is 9.13. The first-order valence-corrected chi connectivity index (χ1v) is 11.7. The van der Waals surface area contributed by atoms with Crippen LogP contribution in [0.25, 0.3) is 16.8 Å². The number of nitrogens with zero attached hydrogens (tertiary/aromatic N) is 5. The number of likely N-dealkylation sites (tertiary alicyclic amines) is 2. The van der Waals surface area contributed by atoms with E-state index in [0.29, 0.717) is 48.9 Å². The summed E-state index contributed by atoms with van der Waals surface area (Å²) < 4.78 is 1.69. The molecule has 0 atom stereocenters. The minimum atomic E-state index is -0.429. The Morgan fingerprint density at radius 2 is 1.36 bits per heavy atom. The van der Waals surface area contributed by atoms with Gasteiger partial charge in [-0.25, -0.2) is 4.52 Å². The van der Waals surface area contributed by atoms with Crippen LogP contribution in [0.3, 0.4) is 0 Å². The van der Waals surface area contributed by atoms with Gasteiger partial charge in [-0.15, -0.1) is 5.10 Å². The molecule has 0 saturated carbocycles. The molecule has 0 unspecified atom stereocenters. The number of carbonyl (C=O) groups excluding carboxylic acids is 2. The summed E-state index contributed by atoms with van der Waals surface area (Å²) in [5.74, 6) is 0.224. The maximum Gasteiger partial charge on any atom is 0.254 e. The third-order valence-corrected chi connectivity index (χ3v) is 6.49. The largest absolute Gasteiger partial charge is 0.389 e. The van der Waals surface area contributed by atoms with E-state index in [1.807, 2.05) is 30.5 Å². The van der Waals surface area contributed by atoms with Crippen molar-refractivity contribution in [1.82, 2.24) is 24.4 Å². The zero-order valence-electron chi connectivity index (χ0n) is 19.3. The molecule has 2 amide bonds. The molecule has 2 fully saturated rings. The molecule has 2 aromatic heterocycles. The Morgan fingerprint density at radius 3 is 1.92 bits per heavy atom. The molecule has 10 heteroatoms. The van der Waals surface area contributed by atoms with Crippen LogP contribution in [-0.4, -0.2) is 84.8 Å². The van der Waals surface area contributed by atoms with Gasteiger partial charge in [0.05, 0.1) is 12.2 Å². The Labute approximate surface area is 206 Å². The summed E-state index contributed by atoms with van der Waals surface area (Å²) in [6.45, 7) is 1.48. The van der Waals surface area contributed by atoms with E-state index in [1.165, 1.54) is 0 Å². The fourth-order valence-electron chi connectivity index (χ4n) is 4.41. The number of nitrogens with one attached hydrogen (secondary N) is 1. The van der Waals surface area contributed by atoms with Crippen LogP contribution in [0.15, 0.2) is 66.9 Å². The fraction of sp³-hybridized carbons (Fsp3) is 0.231. The van der Waals surface area contributed by atoms with E-state index in [9.17, 15) is 19.8 Å². The standard InChI is InChI=1S/C26H24N6O4/c33-20-12-30(13-20)24(35)17-5-3-16(4-6-17)22-2-1-11-32-23(22)28-26(29-32)27-19-9-7-18(8-10-19)25(36)31-14-21(34)15-31/h1-11,20-21,33-34H,12-15H2,(H,27,29). The number of rotatable bonds is 5. The summed E-state index contributed by atoms with van der Waals surface area (Å²) >= 11 is 0. The van der Waals surface area contributed by atoms with Gasteiger partial charge in [-0.3, -0.25) is 9.59 Å². The van der Waals surface area contributed by atoms with Crippen LogP contribution in [0.1, 0.15) is 20.7 Å². The molecule has 182 valence electrons. The van der Waals surface area contributed by atoms with Crippen LogP contribution in [-0.2, 0) is 0 Å². The van der Waals surface area contributed by atoms with Gasteiger partial charge in [-0.2, -0.15) is 4.98 Å². The van der Waals surface area contributed by atoms with Gasteiger partial charge < -0.3 is 25.3 Å². The molecular formula is C26H24N6O4. The molecular weight excluding hydrogens is 460 g/mol. The van der Waals surface area contributed by atoms with E-state index in [0.717, 1.165) is 16.8 Å². The van der Waals surface area contributed by atoms with E-state index in [-0.39, 0.29) is 11.8 Å². The molecule has 3 N–H and O–H groups in total. The third kappa shape index (κ3) is 4.06. The normalized spacial score (nSPS) is 16.1. The maximum atomic E-state index is 12.5. The van der Waals surface area contributed by atoms with Gasteiger partial charge in [0.1, 0.15) is 0 Å². The number of aliphatic hydroxyl groups excluding tert-OH is 2. The van der Waals surface area contributed by atoms with Crippen molar-refractivity contribution in [3.8, 4) is 11.1 Å². The summed E-state index contributed by atoms with van der Waals surface area (Å²) in [7, 11) is 0. The van der Waals surface area contributed by atoms with Crippen molar-refractivity contribution in [3.05, 3.63) is 78.0 Å². The second kappa shape index (κ2) is 8.74. The van der Waals surface area contributed by atoms with Crippen LogP contribution in [0.2, 0.25) is 0 Å². The van der Waals surface area contributed by atoms with Gasteiger partial charge in [0.15, 0.2) is 5.65 Å². The Kier molecular flexibility index (Phi) is 5.39. The highest BCUT2D eigenvalue weighted by atomic mass is 16.3. The molecule has 6 rings (SSSR count). The minimum Gasteiger partial charge on any atom is -0.389 e. The number of amides is 2. The molecule has 2 aliphatic rings. The van der Waals surface area contributed by atoms with E-state index in [4.69, 9.17) is 0 Å². The summed E-state index contributed by atoms with van der Waals surface area (Å²) in [6.07, 6.45) is 0.955. The second-order valence-corrected chi connectivity index (χ2v) is 9.13. The first kappa shape index (κ1) is 22.2. The smallest absolute Gasteiger partial charge is 0.254 e. The lowest BCUT2D eigenvalue weighted by Gasteiger charge is -2.35. The number of anilines is 2. The fourth-order valence-corrected chi connectivity index (χ4v) is 4.41. The first-order valence-electron chi connectivity index (χ1n) is 11.7. The highest BCUT2D eigenvalue weighted by Gasteiger charge is 2.30. The SMILES string of the molecule is O=C(c1ccc(Nc2nc3c(-c4ccc(C(=O)N5CC(O)C5)cc4)cccn3n2)cc1)N1CC(O)C1. The zero-order chi connectivity index (χ0) is 24.8. The lowest BCUT2D eigenvalue weighted by molar-refractivity contribution is 0.00587. The van der Waals surface area contributed by atoms with Crippen molar-refractivity contribution in [2.45, 2.75) is 12.2 Å². The molecule has 2 aromatic carbocycles. The highest BCUT2D eigenvalue weighted by Crippen LogP contribution is 2.26. The molecule has 0 radical (unpaired) electrons. The molecule has 4 heterocycles. The average molecular weight is 485 g/mol. The van der Waals surface area contributed by atoms with Gasteiger partial charge in [0, 0.05) is 54.8 Å². The number of hydrogen-bond donors (Lipinski definition) is 3. The molecule has 4 aromatic rings. The van der Waals surface area contributed by atoms with Gasteiger partial charge >= 0.3 is 0 Å². The quantitative estimate of drug-likeness (QED) is 0.395. The van der Waals surface area contributed by atoms with E-state index >= 15 is 0 Å². The number of benzene rings is 2. The van der Waals surface area contributed by atoms with Crippen molar-refractivity contribution in [2.75, 3.05) is 31.5 Å². The molecule has 2 aliphatic heterocycles. The number of carbonyl (C=O) groups is 2. The maximum absolute atomic E-state index is 12.5. The number of aromatic nitrogens is 3. The molecule has 0 bridgehead atoms. The van der Waals surface area contributed by atoms with Crippen LogP contribution in [0, 0.1) is 0 Å². The number of β-amino-alcohol motifs (C(OH)–C–C–N with tert-alkyl or cyclic N) is 2. The van der Waals surface area contributed by atoms with Crippen LogP contribution < -0.4 is 5.32 Å². The molecule has 2 saturated heterocycles. The minimum absolute atomic E-state index is 0.0887. The summed E-state index contributed by atoms with van der Waals surface area (Å²) in [4.78, 5) is 32.8. The van der Waals surface area contributed by atoms with E-state index in [1.54, 1.807) is 50.7 Å². The van der Waals surface area contributed by atoms with Crippen LogP contribution in [0.4, 0.5) is 11.6 Å². The number of fused-ring (bicyclic) bond motifs is 1.